The second-order valence-electron chi connectivity index (χ2n) is 6.67. The van der Waals surface area contributed by atoms with Crippen molar-refractivity contribution in [2.45, 2.75) is 31.7 Å². The number of carbonyl (C=O) groups is 1. The third-order valence-electron chi connectivity index (χ3n) is 4.77. The van der Waals surface area contributed by atoms with E-state index >= 15 is 0 Å². The van der Waals surface area contributed by atoms with Gasteiger partial charge in [0.25, 0.3) is 0 Å². The first kappa shape index (κ1) is 14.9. The number of aromatic amines is 1. The molecule has 3 aliphatic rings. The number of nitrogens with two attached hydrogens (primary N) is 1. The lowest BCUT2D eigenvalue weighted by Crippen LogP contribution is -2.42. The van der Waals surface area contributed by atoms with Gasteiger partial charge in [-0.2, -0.15) is 0 Å². The van der Waals surface area contributed by atoms with Crippen molar-refractivity contribution < 1.29 is 4.79 Å². The highest BCUT2D eigenvalue weighted by molar-refractivity contribution is 6.33. The minimum absolute atomic E-state index is 0.100. The number of H-pyrrole nitrogens is 1. The van der Waals surface area contributed by atoms with E-state index in [0.29, 0.717) is 6.54 Å². The van der Waals surface area contributed by atoms with Crippen LogP contribution in [0, 0.1) is 5.92 Å². The number of hydrogen-bond acceptors (Lipinski definition) is 4. The maximum atomic E-state index is 12.1. The quantitative estimate of drug-likeness (QED) is 0.681. The molecular formula is C16H22ClN5O. The molecule has 2 aliphatic heterocycles. The van der Waals surface area contributed by atoms with Gasteiger partial charge in [0.15, 0.2) is 0 Å². The van der Waals surface area contributed by atoms with Crippen molar-refractivity contribution in [3.8, 4) is 0 Å². The molecule has 23 heavy (non-hydrogen) atoms. The van der Waals surface area contributed by atoms with Crippen molar-refractivity contribution in [3.05, 3.63) is 16.8 Å². The molecule has 1 aromatic rings. The van der Waals surface area contributed by atoms with Crippen LogP contribution in [0.2, 0.25) is 0 Å². The monoisotopic (exact) mass is 335 g/mol. The Labute approximate surface area is 140 Å². The number of nitrogens with zero attached hydrogens (tertiary/aromatic N) is 1. The highest BCUT2D eigenvalue weighted by Crippen LogP contribution is 2.41. The van der Waals surface area contributed by atoms with Gasteiger partial charge in [-0.1, -0.05) is 11.6 Å². The van der Waals surface area contributed by atoms with Gasteiger partial charge in [0.05, 0.1) is 28.5 Å². The molecule has 2 fully saturated rings. The molecular weight excluding hydrogens is 314 g/mol. The molecule has 4 rings (SSSR count). The first-order chi connectivity index (χ1) is 11.1. The third kappa shape index (κ3) is 2.81. The number of rotatable bonds is 3. The summed E-state index contributed by atoms with van der Waals surface area (Å²) in [7, 11) is 0. The van der Waals surface area contributed by atoms with Crippen LogP contribution in [0.5, 0.6) is 0 Å². The van der Waals surface area contributed by atoms with Gasteiger partial charge < -0.3 is 26.3 Å². The number of halogens is 1. The summed E-state index contributed by atoms with van der Waals surface area (Å²) in [6.45, 7) is 2.33. The fourth-order valence-corrected chi connectivity index (χ4v) is 3.70. The molecule has 0 radical (unpaired) electrons. The summed E-state index contributed by atoms with van der Waals surface area (Å²) in [4.78, 5) is 17.6. The van der Waals surface area contributed by atoms with Gasteiger partial charge >= 0.3 is 0 Å². The SMILES string of the molecule is N[C@@H]1CCCN(C2=C(Cl)CNc3[nH]cc(NC(=O)C4CC4)c32)C1. The second-order valence-corrected chi connectivity index (χ2v) is 7.13. The number of hydrogen-bond donors (Lipinski definition) is 4. The average molecular weight is 336 g/mol. The predicted octanol–water partition coefficient (Wildman–Crippen LogP) is 2.12. The molecule has 1 aromatic heterocycles. The van der Waals surface area contributed by atoms with Crippen molar-refractivity contribution >= 4 is 34.7 Å². The lowest BCUT2D eigenvalue weighted by Gasteiger charge is -2.37. The van der Waals surface area contributed by atoms with Gasteiger partial charge in [-0.15, -0.1) is 0 Å². The third-order valence-corrected chi connectivity index (χ3v) is 5.09. The van der Waals surface area contributed by atoms with Crippen molar-refractivity contribution in [1.82, 2.24) is 9.88 Å². The van der Waals surface area contributed by atoms with E-state index in [1.807, 2.05) is 6.20 Å². The highest BCUT2D eigenvalue weighted by atomic mass is 35.5. The number of anilines is 2. The van der Waals surface area contributed by atoms with E-state index in [2.05, 4.69) is 20.5 Å². The zero-order valence-corrected chi connectivity index (χ0v) is 13.7. The minimum Gasteiger partial charge on any atom is -0.368 e. The molecule has 6 nitrogen and oxygen atoms in total. The molecule has 5 N–H and O–H groups in total. The maximum Gasteiger partial charge on any atom is 0.227 e. The molecule has 0 spiro atoms. The lowest BCUT2D eigenvalue weighted by atomic mass is 10.0. The molecule has 1 aliphatic carbocycles. The Balaban J connectivity index is 1.67. The van der Waals surface area contributed by atoms with Crippen LogP contribution in [0.15, 0.2) is 11.2 Å². The zero-order valence-electron chi connectivity index (χ0n) is 13.0. The van der Waals surface area contributed by atoms with Gasteiger partial charge in [0.1, 0.15) is 5.82 Å². The zero-order chi connectivity index (χ0) is 16.0. The van der Waals surface area contributed by atoms with Crippen LogP contribution >= 0.6 is 11.6 Å². The predicted molar refractivity (Wildman–Crippen MR) is 92.2 cm³/mol. The van der Waals surface area contributed by atoms with E-state index in [-0.39, 0.29) is 17.9 Å². The summed E-state index contributed by atoms with van der Waals surface area (Å²) in [6.07, 6.45) is 5.93. The van der Waals surface area contributed by atoms with Crippen LogP contribution < -0.4 is 16.4 Å². The standard InChI is InChI=1S/C16H22ClN5O/c17-11-6-19-15-13(14(11)22-5-1-2-10(18)8-22)12(7-20-15)21-16(23)9-3-4-9/h7,9-10,19-20H,1-6,8,18H2,(H,21,23)/t10-/m1/s1. The van der Waals surface area contributed by atoms with Crippen LogP contribution in [-0.2, 0) is 4.79 Å². The fourth-order valence-electron chi connectivity index (χ4n) is 3.42. The summed E-state index contributed by atoms with van der Waals surface area (Å²) in [5.74, 6) is 1.18. The van der Waals surface area contributed by atoms with Crippen LogP contribution in [0.25, 0.3) is 5.70 Å². The van der Waals surface area contributed by atoms with Gasteiger partial charge in [-0.05, 0) is 25.7 Å². The highest BCUT2D eigenvalue weighted by Gasteiger charge is 2.33. The lowest BCUT2D eigenvalue weighted by molar-refractivity contribution is -0.117. The summed E-state index contributed by atoms with van der Waals surface area (Å²) in [5, 5.41) is 7.10. The van der Waals surface area contributed by atoms with Crippen molar-refractivity contribution in [2.75, 3.05) is 30.3 Å². The normalized spacial score (nSPS) is 24.3. The Bertz CT molecular complexity index is 663. The molecule has 124 valence electrons. The Morgan fingerprint density at radius 1 is 1.39 bits per heavy atom. The van der Waals surface area contributed by atoms with Crippen molar-refractivity contribution in [2.24, 2.45) is 11.7 Å². The molecule has 0 aromatic carbocycles. The summed E-state index contributed by atoms with van der Waals surface area (Å²) in [6, 6.07) is 0.169. The van der Waals surface area contributed by atoms with Crippen molar-refractivity contribution in [1.29, 1.82) is 0 Å². The minimum atomic E-state index is 0.100. The van der Waals surface area contributed by atoms with Gasteiger partial charge in [-0.3, -0.25) is 4.79 Å². The Morgan fingerprint density at radius 3 is 2.96 bits per heavy atom. The number of fused-ring (bicyclic) bond motifs is 1. The van der Waals surface area contributed by atoms with Gasteiger partial charge in [0, 0.05) is 31.2 Å². The van der Waals surface area contributed by atoms with Crippen molar-refractivity contribution in [3.63, 3.8) is 0 Å². The fraction of sp³-hybridized carbons (Fsp3) is 0.562. The Hall–Kier alpha value is -1.66. The van der Waals surface area contributed by atoms with Gasteiger partial charge in [0.2, 0.25) is 5.91 Å². The van der Waals surface area contributed by atoms with E-state index < -0.39 is 0 Å². The van der Waals surface area contributed by atoms with E-state index in [4.69, 9.17) is 17.3 Å². The largest absolute Gasteiger partial charge is 0.368 e. The Morgan fingerprint density at radius 2 is 2.22 bits per heavy atom. The topological polar surface area (TPSA) is 86.2 Å². The molecule has 1 atom stereocenters. The number of aromatic nitrogens is 1. The number of piperidine rings is 1. The Kier molecular flexibility index (Phi) is 3.73. The molecule has 0 bridgehead atoms. The molecule has 7 heteroatoms. The first-order valence-corrected chi connectivity index (χ1v) is 8.67. The number of carbonyl (C=O) groups excluding carboxylic acids is 1. The van der Waals surface area contributed by atoms with Crippen LogP contribution in [0.3, 0.4) is 0 Å². The summed E-state index contributed by atoms with van der Waals surface area (Å²) >= 11 is 6.54. The summed E-state index contributed by atoms with van der Waals surface area (Å²) < 4.78 is 0. The van der Waals surface area contributed by atoms with E-state index in [1.54, 1.807) is 0 Å². The second kappa shape index (κ2) is 5.76. The maximum absolute atomic E-state index is 12.1. The first-order valence-electron chi connectivity index (χ1n) is 8.29. The number of nitrogens with one attached hydrogen (secondary N) is 3. The number of amides is 1. The molecule has 3 heterocycles. The average Bonchev–Trinajstić information content (AvgIpc) is 3.31. The van der Waals surface area contributed by atoms with Crippen LogP contribution in [-0.4, -0.2) is 41.5 Å². The van der Waals surface area contributed by atoms with Gasteiger partial charge in [-0.25, -0.2) is 0 Å². The van der Waals surface area contributed by atoms with E-state index in [0.717, 1.165) is 66.6 Å². The molecule has 0 unspecified atom stereocenters. The van der Waals surface area contributed by atoms with Crippen LogP contribution in [0.4, 0.5) is 11.5 Å². The summed E-state index contributed by atoms with van der Waals surface area (Å²) in [5.41, 5.74) is 8.91. The smallest absolute Gasteiger partial charge is 0.227 e. The van der Waals surface area contributed by atoms with E-state index in [1.165, 1.54) is 0 Å². The molecule has 1 saturated carbocycles. The molecule has 1 amide bonds. The number of likely N-dealkylation sites (tertiary alicyclic amines) is 1. The van der Waals surface area contributed by atoms with E-state index in [9.17, 15) is 4.79 Å². The molecule has 1 saturated heterocycles. The van der Waals surface area contributed by atoms with Crippen LogP contribution in [0.1, 0.15) is 31.2 Å².